The summed E-state index contributed by atoms with van der Waals surface area (Å²) < 4.78 is 18.9. The van der Waals surface area contributed by atoms with E-state index in [0.717, 1.165) is 42.1 Å². The van der Waals surface area contributed by atoms with E-state index >= 15 is 0 Å². The molecule has 0 N–H and O–H groups in total. The number of rotatable bonds is 6. The van der Waals surface area contributed by atoms with Gasteiger partial charge in [-0.3, -0.25) is 0 Å². The normalized spacial score (nSPS) is 18.0. The molecule has 0 saturated carbocycles. The van der Waals surface area contributed by atoms with E-state index in [0.29, 0.717) is 13.2 Å². The van der Waals surface area contributed by atoms with E-state index in [1.165, 1.54) is 22.3 Å². The van der Waals surface area contributed by atoms with Crippen molar-refractivity contribution in [3.63, 3.8) is 0 Å². The van der Waals surface area contributed by atoms with Crippen LogP contribution in [-0.2, 0) is 19.4 Å². The fourth-order valence-electron chi connectivity index (χ4n) is 4.73. The van der Waals surface area contributed by atoms with E-state index in [4.69, 9.17) is 14.2 Å². The highest BCUT2D eigenvalue weighted by Gasteiger charge is 2.30. The lowest BCUT2D eigenvalue weighted by atomic mass is 9.87. The molecule has 170 valence electrons. The topological polar surface area (TPSA) is 27.7 Å². The summed E-state index contributed by atoms with van der Waals surface area (Å²) in [6.07, 6.45) is 7.35. The molecular formula is C30H32O3. The van der Waals surface area contributed by atoms with Gasteiger partial charge in [0.2, 0.25) is 0 Å². The van der Waals surface area contributed by atoms with Gasteiger partial charge in [0.25, 0.3) is 0 Å². The number of benzene rings is 3. The number of ether oxygens (including phenoxy) is 3. The summed E-state index contributed by atoms with van der Waals surface area (Å²) in [5, 5.41) is 0. The zero-order chi connectivity index (χ0) is 22.8. The number of hydrogen-bond donors (Lipinski definition) is 0. The first kappa shape index (κ1) is 21.6. The van der Waals surface area contributed by atoms with E-state index in [-0.39, 0.29) is 11.5 Å². The molecule has 0 amide bonds. The third-order valence-electron chi connectivity index (χ3n) is 6.45. The largest absolute Gasteiger partial charge is 0.492 e. The molecule has 5 rings (SSSR count). The lowest BCUT2D eigenvalue weighted by Gasteiger charge is -2.32. The minimum Gasteiger partial charge on any atom is -0.492 e. The second-order valence-electron chi connectivity index (χ2n) is 9.61. The Hall–Kier alpha value is -3.20. The zero-order valence-electron chi connectivity index (χ0n) is 19.8. The Labute approximate surface area is 197 Å². The van der Waals surface area contributed by atoms with Crippen LogP contribution in [0.2, 0.25) is 0 Å². The van der Waals surface area contributed by atoms with Crippen LogP contribution in [0.4, 0.5) is 0 Å². The van der Waals surface area contributed by atoms with Gasteiger partial charge in [0.15, 0.2) is 0 Å². The summed E-state index contributed by atoms with van der Waals surface area (Å²) in [6.45, 7) is 7.56. The summed E-state index contributed by atoms with van der Waals surface area (Å²) in [4.78, 5) is 0. The van der Waals surface area contributed by atoms with Crippen molar-refractivity contribution in [2.24, 2.45) is 0 Å². The van der Waals surface area contributed by atoms with Gasteiger partial charge in [-0.15, -0.1) is 0 Å². The first-order chi connectivity index (χ1) is 16.0. The lowest BCUT2D eigenvalue weighted by Crippen LogP contribution is -2.28. The van der Waals surface area contributed by atoms with E-state index in [2.05, 4.69) is 87.5 Å². The monoisotopic (exact) mass is 440 g/mol. The standard InChI is InChI=1S/C30H32O3/c1-4-8-21-11-13-25(28(17-21)31-19-22-9-6-5-7-10-22)24-18-23-12-14-27-26(29(23)32-20-24)15-16-30(2,3)33-27/h5-7,9-17,24H,4,8,18-20H2,1-3H3. The fraction of sp³-hybridized carbons (Fsp3) is 0.333. The summed E-state index contributed by atoms with van der Waals surface area (Å²) >= 11 is 0. The van der Waals surface area contributed by atoms with Crippen molar-refractivity contribution in [3.05, 3.63) is 94.6 Å². The first-order valence-corrected chi connectivity index (χ1v) is 12.0. The SMILES string of the molecule is CCCc1ccc(C2COc3c(ccc4c3C=CC(C)(C)O4)C2)c(OCc2ccccc2)c1. The minimum absolute atomic E-state index is 0.252. The molecule has 2 heterocycles. The van der Waals surface area contributed by atoms with Crippen molar-refractivity contribution in [2.75, 3.05) is 6.61 Å². The number of fused-ring (bicyclic) bond motifs is 3. The average molecular weight is 441 g/mol. The Bertz CT molecular complexity index is 1160. The van der Waals surface area contributed by atoms with E-state index in [9.17, 15) is 0 Å². The first-order valence-electron chi connectivity index (χ1n) is 12.0. The molecule has 0 radical (unpaired) electrons. The van der Waals surface area contributed by atoms with Gasteiger partial charge in [-0.05, 0) is 67.7 Å². The van der Waals surface area contributed by atoms with Crippen LogP contribution in [0.25, 0.3) is 6.08 Å². The lowest BCUT2D eigenvalue weighted by molar-refractivity contribution is 0.157. The van der Waals surface area contributed by atoms with E-state index in [1.54, 1.807) is 0 Å². The molecule has 0 saturated heterocycles. The summed E-state index contributed by atoms with van der Waals surface area (Å²) in [6, 6.07) is 21.3. The molecule has 0 bridgehead atoms. The second-order valence-corrected chi connectivity index (χ2v) is 9.61. The molecule has 0 spiro atoms. The molecule has 3 aromatic rings. The third kappa shape index (κ3) is 4.64. The fourth-order valence-corrected chi connectivity index (χ4v) is 4.73. The quantitative estimate of drug-likeness (QED) is 0.408. The van der Waals surface area contributed by atoms with Gasteiger partial charge in [0.1, 0.15) is 29.5 Å². The van der Waals surface area contributed by atoms with Crippen molar-refractivity contribution >= 4 is 6.08 Å². The van der Waals surface area contributed by atoms with Crippen molar-refractivity contribution in [2.45, 2.75) is 58.2 Å². The van der Waals surface area contributed by atoms with Gasteiger partial charge in [-0.1, -0.05) is 61.9 Å². The molecule has 0 fully saturated rings. The van der Waals surface area contributed by atoms with Crippen LogP contribution in [0.15, 0.2) is 66.7 Å². The van der Waals surface area contributed by atoms with Crippen molar-refractivity contribution in [3.8, 4) is 17.2 Å². The Balaban J connectivity index is 1.42. The third-order valence-corrected chi connectivity index (χ3v) is 6.45. The van der Waals surface area contributed by atoms with Crippen LogP contribution < -0.4 is 14.2 Å². The van der Waals surface area contributed by atoms with Crippen LogP contribution in [0.3, 0.4) is 0 Å². The molecular weight excluding hydrogens is 408 g/mol. The summed E-state index contributed by atoms with van der Waals surface area (Å²) in [7, 11) is 0. The number of hydrogen-bond acceptors (Lipinski definition) is 3. The van der Waals surface area contributed by atoms with Crippen molar-refractivity contribution < 1.29 is 14.2 Å². The molecule has 2 aliphatic rings. The van der Waals surface area contributed by atoms with Gasteiger partial charge >= 0.3 is 0 Å². The Kier molecular flexibility index (Phi) is 5.88. The molecule has 3 aromatic carbocycles. The second kappa shape index (κ2) is 8.97. The van der Waals surface area contributed by atoms with Gasteiger partial charge in [-0.2, -0.15) is 0 Å². The summed E-state index contributed by atoms with van der Waals surface area (Å²) in [5.74, 6) is 3.09. The molecule has 0 aromatic heterocycles. The molecule has 33 heavy (non-hydrogen) atoms. The zero-order valence-corrected chi connectivity index (χ0v) is 19.8. The van der Waals surface area contributed by atoms with Crippen LogP contribution >= 0.6 is 0 Å². The highest BCUT2D eigenvalue weighted by Crippen LogP contribution is 2.44. The maximum atomic E-state index is 6.38. The Morgan fingerprint density at radius 2 is 1.85 bits per heavy atom. The highest BCUT2D eigenvalue weighted by atomic mass is 16.5. The van der Waals surface area contributed by atoms with Crippen LogP contribution in [0.5, 0.6) is 17.2 Å². The van der Waals surface area contributed by atoms with E-state index in [1.807, 2.05) is 6.07 Å². The Morgan fingerprint density at radius 3 is 2.67 bits per heavy atom. The maximum Gasteiger partial charge on any atom is 0.133 e. The molecule has 3 nitrogen and oxygen atoms in total. The minimum atomic E-state index is -0.288. The predicted molar refractivity (Wildman–Crippen MR) is 133 cm³/mol. The van der Waals surface area contributed by atoms with Gasteiger partial charge < -0.3 is 14.2 Å². The van der Waals surface area contributed by atoms with Crippen molar-refractivity contribution in [1.29, 1.82) is 0 Å². The number of aryl methyl sites for hydroxylation is 1. The highest BCUT2D eigenvalue weighted by molar-refractivity contribution is 5.69. The molecule has 2 aliphatic heterocycles. The van der Waals surface area contributed by atoms with Crippen LogP contribution in [0.1, 0.15) is 60.9 Å². The van der Waals surface area contributed by atoms with Gasteiger partial charge in [0.05, 0.1) is 12.2 Å². The Morgan fingerprint density at radius 1 is 1.00 bits per heavy atom. The van der Waals surface area contributed by atoms with Crippen LogP contribution in [-0.4, -0.2) is 12.2 Å². The molecule has 1 atom stereocenters. The molecule has 0 aliphatic carbocycles. The molecule has 1 unspecified atom stereocenters. The molecule has 3 heteroatoms. The van der Waals surface area contributed by atoms with Gasteiger partial charge in [-0.25, -0.2) is 0 Å². The van der Waals surface area contributed by atoms with Crippen LogP contribution in [0, 0.1) is 0 Å². The average Bonchev–Trinajstić information content (AvgIpc) is 2.82. The van der Waals surface area contributed by atoms with E-state index < -0.39 is 0 Å². The van der Waals surface area contributed by atoms with Gasteiger partial charge in [0, 0.05) is 11.5 Å². The summed E-state index contributed by atoms with van der Waals surface area (Å²) in [5.41, 5.74) is 5.72. The van der Waals surface area contributed by atoms with Crippen molar-refractivity contribution in [1.82, 2.24) is 0 Å². The maximum absolute atomic E-state index is 6.38. The predicted octanol–water partition coefficient (Wildman–Crippen LogP) is 7.12. The smallest absolute Gasteiger partial charge is 0.133 e.